The van der Waals surface area contributed by atoms with Crippen LogP contribution in [0.3, 0.4) is 0 Å². The average Bonchev–Trinajstić information content (AvgIpc) is 3.04. The summed E-state index contributed by atoms with van der Waals surface area (Å²) in [7, 11) is 0. The molecule has 2 aromatic carbocycles. The van der Waals surface area contributed by atoms with Crippen LogP contribution in [0.1, 0.15) is 25.0 Å². The Morgan fingerprint density at radius 1 is 1.19 bits per heavy atom. The van der Waals surface area contributed by atoms with Gasteiger partial charge in [-0.1, -0.05) is 12.1 Å². The molecule has 27 heavy (non-hydrogen) atoms. The summed E-state index contributed by atoms with van der Waals surface area (Å²) in [6.45, 7) is 5.07. The van der Waals surface area contributed by atoms with Crippen molar-refractivity contribution >= 4 is 5.91 Å². The number of ether oxygens (including phenoxy) is 4. The van der Waals surface area contributed by atoms with Crippen molar-refractivity contribution in [2.45, 2.75) is 39.0 Å². The van der Waals surface area contributed by atoms with Gasteiger partial charge in [0.05, 0.1) is 6.61 Å². The molecule has 0 bridgehead atoms. The lowest BCUT2D eigenvalue weighted by Crippen LogP contribution is -2.43. The SMILES string of the molecule is CCOc1cc2c(cc1CNC(=O)[C@@H]1COc3ccccc3O1)O[C@H](C)C2. The van der Waals surface area contributed by atoms with Crippen molar-refractivity contribution in [3.63, 3.8) is 0 Å². The largest absolute Gasteiger partial charge is 0.494 e. The first kappa shape index (κ1) is 17.5. The highest BCUT2D eigenvalue weighted by molar-refractivity contribution is 5.81. The molecular formula is C21H23NO5. The monoisotopic (exact) mass is 369 g/mol. The van der Waals surface area contributed by atoms with Gasteiger partial charge in [0.1, 0.15) is 24.2 Å². The molecule has 2 aliphatic rings. The fraction of sp³-hybridized carbons (Fsp3) is 0.381. The van der Waals surface area contributed by atoms with Gasteiger partial charge in [-0.25, -0.2) is 0 Å². The van der Waals surface area contributed by atoms with Crippen molar-refractivity contribution in [3.8, 4) is 23.0 Å². The van der Waals surface area contributed by atoms with E-state index in [0.29, 0.717) is 24.7 Å². The number of hydrogen-bond acceptors (Lipinski definition) is 5. The molecule has 1 N–H and O–H groups in total. The zero-order chi connectivity index (χ0) is 18.8. The van der Waals surface area contributed by atoms with Gasteiger partial charge in [0, 0.05) is 24.1 Å². The fourth-order valence-corrected chi connectivity index (χ4v) is 3.35. The van der Waals surface area contributed by atoms with E-state index in [2.05, 4.69) is 5.32 Å². The number of hydrogen-bond donors (Lipinski definition) is 1. The molecule has 2 aromatic rings. The molecule has 2 heterocycles. The summed E-state index contributed by atoms with van der Waals surface area (Å²) >= 11 is 0. The summed E-state index contributed by atoms with van der Waals surface area (Å²) < 4.78 is 23.0. The Hall–Kier alpha value is -2.89. The molecule has 6 heteroatoms. The zero-order valence-electron chi connectivity index (χ0n) is 15.5. The molecule has 2 atom stereocenters. The summed E-state index contributed by atoms with van der Waals surface area (Å²) in [5.74, 6) is 2.66. The molecule has 0 radical (unpaired) electrons. The van der Waals surface area contributed by atoms with Crippen LogP contribution in [0, 0.1) is 0 Å². The Balaban J connectivity index is 1.44. The third-order valence-corrected chi connectivity index (χ3v) is 4.63. The van der Waals surface area contributed by atoms with Crippen LogP contribution in [0.2, 0.25) is 0 Å². The number of benzene rings is 2. The van der Waals surface area contributed by atoms with E-state index < -0.39 is 6.10 Å². The van der Waals surface area contributed by atoms with Gasteiger partial charge in [0.2, 0.25) is 6.10 Å². The number of nitrogens with one attached hydrogen (secondary N) is 1. The lowest BCUT2D eigenvalue weighted by atomic mass is 10.1. The standard InChI is InChI=1S/C21H23NO5/c1-3-24-18-9-14-8-13(2)26-19(14)10-15(18)11-22-21(23)20-12-25-16-6-4-5-7-17(16)27-20/h4-7,9-10,13,20H,3,8,11-12H2,1-2H3,(H,22,23)/t13-,20+/m1/s1. The van der Waals surface area contributed by atoms with Crippen LogP contribution in [0.4, 0.5) is 0 Å². The summed E-state index contributed by atoms with van der Waals surface area (Å²) in [5, 5.41) is 2.92. The van der Waals surface area contributed by atoms with Crippen LogP contribution >= 0.6 is 0 Å². The van der Waals surface area contributed by atoms with Crippen LogP contribution < -0.4 is 24.3 Å². The quantitative estimate of drug-likeness (QED) is 0.878. The van der Waals surface area contributed by atoms with Crippen molar-refractivity contribution < 1.29 is 23.7 Å². The molecule has 0 aliphatic carbocycles. The molecule has 0 aromatic heterocycles. The van der Waals surface area contributed by atoms with Crippen molar-refractivity contribution in [2.75, 3.05) is 13.2 Å². The molecule has 0 unspecified atom stereocenters. The molecule has 1 amide bonds. The lowest BCUT2D eigenvalue weighted by Gasteiger charge is -2.25. The Morgan fingerprint density at radius 2 is 2.00 bits per heavy atom. The molecule has 0 saturated carbocycles. The van der Waals surface area contributed by atoms with E-state index >= 15 is 0 Å². The van der Waals surface area contributed by atoms with Gasteiger partial charge in [-0.3, -0.25) is 4.79 Å². The van der Waals surface area contributed by atoms with E-state index in [1.807, 2.05) is 44.2 Å². The molecule has 0 fully saturated rings. The number of carbonyl (C=O) groups is 1. The minimum atomic E-state index is -0.679. The Bertz CT molecular complexity index is 850. The maximum absolute atomic E-state index is 12.5. The smallest absolute Gasteiger partial charge is 0.264 e. The van der Waals surface area contributed by atoms with E-state index in [4.69, 9.17) is 18.9 Å². The van der Waals surface area contributed by atoms with Gasteiger partial charge in [-0.15, -0.1) is 0 Å². The van der Waals surface area contributed by atoms with Gasteiger partial charge in [0.15, 0.2) is 11.5 Å². The first-order valence-corrected chi connectivity index (χ1v) is 9.25. The Labute approximate surface area is 158 Å². The first-order chi connectivity index (χ1) is 13.1. The molecule has 2 aliphatic heterocycles. The highest BCUT2D eigenvalue weighted by atomic mass is 16.6. The van der Waals surface area contributed by atoms with Crippen molar-refractivity contribution in [2.24, 2.45) is 0 Å². The lowest BCUT2D eigenvalue weighted by molar-refractivity contribution is -0.130. The van der Waals surface area contributed by atoms with E-state index in [1.165, 1.54) is 0 Å². The molecule has 4 rings (SSSR count). The van der Waals surface area contributed by atoms with E-state index in [9.17, 15) is 4.79 Å². The van der Waals surface area contributed by atoms with Crippen LogP contribution in [0.25, 0.3) is 0 Å². The normalized spacial score (nSPS) is 19.8. The zero-order valence-corrected chi connectivity index (χ0v) is 15.5. The average molecular weight is 369 g/mol. The van der Waals surface area contributed by atoms with Crippen LogP contribution in [-0.2, 0) is 17.8 Å². The van der Waals surface area contributed by atoms with Crippen LogP contribution in [0.15, 0.2) is 36.4 Å². The van der Waals surface area contributed by atoms with E-state index in [-0.39, 0.29) is 18.6 Å². The topological polar surface area (TPSA) is 66.0 Å². The molecule has 6 nitrogen and oxygen atoms in total. The second-order valence-electron chi connectivity index (χ2n) is 6.72. The number of amides is 1. The molecule has 0 saturated heterocycles. The highest BCUT2D eigenvalue weighted by Gasteiger charge is 2.28. The van der Waals surface area contributed by atoms with E-state index in [0.717, 1.165) is 29.0 Å². The van der Waals surface area contributed by atoms with Gasteiger partial charge in [-0.2, -0.15) is 0 Å². The predicted molar refractivity (Wildman–Crippen MR) is 99.6 cm³/mol. The molecule has 0 spiro atoms. The summed E-state index contributed by atoms with van der Waals surface area (Å²) in [4.78, 5) is 12.5. The Kier molecular flexibility index (Phi) is 4.79. The van der Waals surface area contributed by atoms with Gasteiger partial charge >= 0.3 is 0 Å². The summed E-state index contributed by atoms with van der Waals surface area (Å²) in [6.07, 6.45) is 0.350. The van der Waals surface area contributed by atoms with Crippen LogP contribution in [-0.4, -0.2) is 31.3 Å². The predicted octanol–water partition coefficient (Wildman–Crippen LogP) is 2.86. The minimum Gasteiger partial charge on any atom is -0.494 e. The first-order valence-electron chi connectivity index (χ1n) is 9.25. The van der Waals surface area contributed by atoms with Crippen molar-refractivity contribution in [3.05, 3.63) is 47.5 Å². The fourth-order valence-electron chi connectivity index (χ4n) is 3.35. The third-order valence-electron chi connectivity index (χ3n) is 4.63. The van der Waals surface area contributed by atoms with Gasteiger partial charge in [0.25, 0.3) is 5.91 Å². The van der Waals surface area contributed by atoms with E-state index in [1.54, 1.807) is 6.07 Å². The van der Waals surface area contributed by atoms with Gasteiger partial charge in [-0.05, 0) is 38.1 Å². The number of rotatable bonds is 5. The van der Waals surface area contributed by atoms with Crippen molar-refractivity contribution in [1.82, 2.24) is 5.32 Å². The second-order valence-corrected chi connectivity index (χ2v) is 6.72. The van der Waals surface area contributed by atoms with Gasteiger partial charge < -0.3 is 24.3 Å². The van der Waals surface area contributed by atoms with Crippen molar-refractivity contribution in [1.29, 1.82) is 0 Å². The Morgan fingerprint density at radius 3 is 2.81 bits per heavy atom. The summed E-state index contributed by atoms with van der Waals surface area (Å²) in [6, 6.07) is 11.3. The second kappa shape index (κ2) is 7.39. The number of fused-ring (bicyclic) bond motifs is 2. The summed E-state index contributed by atoms with van der Waals surface area (Å²) in [5.41, 5.74) is 2.02. The number of para-hydroxylation sites is 2. The highest BCUT2D eigenvalue weighted by Crippen LogP contribution is 2.35. The minimum absolute atomic E-state index is 0.159. The maximum Gasteiger partial charge on any atom is 0.264 e. The number of carbonyl (C=O) groups excluding carboxylic acids is 1. The molecule has 142 valence electrons. The third kappa shape index (κ3) is 3.65. The van der Waals surface area contributed by atoms with Crippen LogP contribution in [0.5, 0.6) is 23.0 Å². The molecular weight excluding hydrogens is 346 g/mol. The maximum atomic E-state index is 12.5.